The molecule has 1 unspecified atom stereocenters. The third kappa shape index (κ3) is 2.75. The molecule has 0 heterocycles. The van der Waals surface area contributed by atoms with Crippen molar-refractivity contribution in [2.75, 3.05) is 5.32 Å². The Morgan fingerprint density at radius 2 is 1.90 bits per heavy atom. The summed E-state index contributed by atoms with van der Waals surface area (Å²) < 4.78 is 13.5. The standard InChI is InChI=1S/C15H11FN2O2/c16-12-7-4-8-13(11(12)9-17)18-14(15(19)20)10-5-2-1-3-6-10/h1-8,14,18H,(H,19,20). The van der Waals surface area contributed by atoms with Crippen molar-refractivity contribution in [1.29, 1.82) is 5.26 Å². The minimum atomic E-state index is -1.11. The molecule has 0 aromatic heterocycles. The Labute approximate surface area is 115 Å². The van der Waals surface area contributed by atoms with Gasteiger partial charge in [-0.15, -0.1) is 0 Å². The van der Waals surface area contributed by atoms with Gasteiger partial charge in [-0.05, 0) is 17.7 Å². The van der Waals surface area contributed by atoms with Gasteiger partial charge in [-0.3, -0.25) is 0 Å². The average Bonchev–Trinajstić information content (AvgIpc) is 2.45. The quantitative estimate of drug-likeness (QED) is 0.895. The van der Waals surface area contributed by atoms with Crippen LogP contribution in [0.15, 0.2) is 48.5 Å². The van der Waals surface area contributed by atoms with Crippen LogP contribution in [0.2, 0.25) is 0 Å². The number of aliphatic carboxylic acids is 1. The van der Waals surface area contributed by atoms with E-state index in [2.05, 4.69) is 5.32 Å². The monoisotopic (exact) mass is 270 g/mol. The van der Waals surface area contributed by atoms with Crippen molar-refractivity contribution in [2.45, 2.75) is 6.04 Å². The fourth-order valence-electron chi connectivity index (χ4n) is 1.85. The van der Waals surface area contributed by atoms with E-state index < -0.39 is 17.8 Å². The van der Waals surface area contributed by atoms with Gasteiger partial charge in [0.1, 0.15) is 17.4 Å². The van der Waals surface area contributed by atoms with E-state index in [1.807, 2.05) is 0 Å². The van der Waals surface area contributed by atoms with Crippen LogP contribution in [-0.2, 0) is 4.79 Å². The SMILES string of the molecule is N#Cc1c(F)cccc1NC(C(=O)O)c1ccccc1. The predicted octanol–water partition coefficient (Wildman–Crippen LogP) is 2.94. The second kappa shape index (κ2) is 5.85. The number of halogens is 1. The molecule has 1 atom stereocenters. The van der Waals surface area contributed by atoms with Crippen LogP contribution in [0.5, 0.6) is 0 Å². The predicted molar refractivity (Wildman–Crippen MR) is 71.6 cm³/mol. The van der Waals surface area contributed by atoms with Crippen LogP contribution in [0.4, 0.5) is 10.1 Å². The Bertz CT molecular complexity index is 665. The van der Waals surface area contributed by atoms with Crippen LogP contribution in [0.25, 0.3) is 0 Å². The van der Waals surface area contributed by atoms with Crippen molar-refractivity contribution in [3.63, 3.8) is 0 Å². The first-order valence-electron chi connectivity index (χ1n) is 5.86. The summed E-state index contributed by atoms with van der Waals surface area (Å²) in [5, 5.41) is 20.9. The van der Waals surface area contributed by atoms with Crippen LogP contribution in [-0.4, -0.2) is 11.1 Å². The first-order valence-corrected chi connectivity index (χ1v) is 5.86. The molecule has 100 valence electrons. The Morgan fingerprint density at radius 1 is 1.20 bits per heavy atom. The van der Waals surface area contributed by atoms with Gasteiger partial charge in [-0.1, -0.05) is 36.4 Å². The molecule has 0 spiro atoms. The number of hydrogen-bond donors (Lipinski definition) is 2. The zero-order chi connectivity index (χ0) is 14.5. The van der Waals surface area contributed by atoms with Crippen molar-refractivity contribution in [3.05, 3.63) is 65.5 Å². The highest BCUT2D eigenvalue weighted by Gasteiger charge is 2.21. The molecule has 0 saturated heterocycles. The molecule has 0 radical (unpaired) electrons. The molecule has 2 aromatic rings. The zero-order valence-electron chi connectivity index (χ0n) is 10.4. The van der Waals surface area contributed by atoms with Gasteiger partial charge >= 0.3 is 5.97 Å². The minimum Gasteiger partial charge on any atom is -0.479 e. The Hall–Kier alpha value is -2.87. The number of nitrogens with one attached hydrogen (secondary N) is 1. The van der Waals surface area contributed by atoms with Crippen molar-refractivity contribution in [3.8, 4) is 6.07 Å². The molecular weight excluding hydrogens is 259 g/mol. The highest BCUT2D eigenvalue weighted by Crippen LogP contribution is 2.24. The number of anilines is 1. The maximum Gasteiger partial charge on any atom is 0.330 e. The van der Waals surface area contributed by atoms with Crippen LogP contribution in [0.1, 0.15) is 17.2 Å². The van der Waals surface area contributed by atoms with Crippen LogP contribution >= 0.6 is 0 Å². The second-order valence-electron chi connectivity index (χ2n) is 4.10. The molecular formula is C15H11FN2O2. The van der Waals surface area contributed by atoms with Gasteiger partial charge in [0.15, 0.2) is 6.04 Å². The zero-order valence-corrected chi connectivity index (χ0v) is 10.4. The van der Waals surface area contributed by atoms with Crippen molar-refractivity contribution in [2.24, 2.45) is 0 Å². The summed E-state index contributed by atoms with van der Waals surface area (Å²) in [5.41, 5.74) is 0.478. The van der Waals surface area contributed by atoms with Crippen LogP contribution in [0.3, 0.4) is 0 Å². The largest absolute Gasteiger partial charge is 0.479 e. The summed E-state index contributed by atoms with van der Waals surface area (Å²) in [6.07, 6.45) is 0. The van der Waals surface area contributed by atoms with E-state index in [9.17, 15) is 14.3 Å². The molecule has 2 aromatic carbocycles. The van der Waals surface area contributed by atoms with E-state index in [-0.39, 0.29) is 11.3 Å². The third-order valence-corrected chi connectivity index (χ3v) is 2.81. The van der Waals surface area contributed by atoms with Gasteiger partial charge in [0, 0.05) is 0 Å². The van der Waals surface area contributed by atoms with Crippen molar-refractivity contribution >= 4 is 11.7 Å². The summed E-state index contributed by atoms with van der Waals surface area (Å²) in [4.78, 5) is 11.3. The number of benzene rings is 2. The topological polar surface area (TPSA) is 73.1 Å². The highest BCUT2D eigenvalue weighted by molar-refractivity contribution is 5.80. The maximum atomic E-state index is 13.5. The summed E-state index contributed by atoms with van der Waals surface area (Å²) in [6.45, 7) is 0. The smallest absolute Gasteiger partial charge is 0.330 e. The number of nitriles is 1. The fraction of sp³-hybridized carbons (Fsp3) is 0.0667. The lowest BCUT2D eigenvalue weighted by atomic mass is 10.1. The van der Waals surface area contributed by atoms with E-state index in [0.29, 0.717) is 5.56 Å². The summed E-state index contributed by atoms with van der Waals surface area (Å²) in [7, 11) is 0. The van der Waals surface area contributed by atoms with E-state index in [4.69, 9.17) is 5.26 Å². The number of hydrogen-bond acceptors (Lipinski definition) is 3. The molecule has 0 amide bonds. The number of carboxylic acids is 1. The first kappa shape index (κ1) is 13.6. The maximum absolute atomic E-state index is 13.5. The normalized spacial score (nSPS) is 11.4. The molecule has 0 aliphatic rings. The molecule has 0 bridgehead atoms. The summed E-state index contributed by atoms with van der Waals surface area (Å²) in [6, 6.07) is 13.2. The average molecular weight is 270 g/mol. The molecule has 5 heteroatoms. The molecule has 0 fully saturated rings. The molecule has 0 aliphatic carbocycles. The van der Waals surface area contributed by atoms with Crippen LogP contribution in [0, 0.1) is 17.1 Å². The molecule has 20 heavy (non-hydrogen) atoms. The first-order chi connectivity index (χ1) is 9.63. The van der Waals surface area contributed by atoms with E-state index in [1.165, 1.54) is 12.1 Å². The summed E-state index contributed by atoms with van der Waals surface area (Å²) >= 11 is 0. The van der Waals surface area contributed by atoms with E-state index in [1.54, 1.807) is 36.4 Å². The third-order valence-electron chi connectivity index (χ3n) is 2.81. The van der Waals surface area contributed by atoms with E-state index >= 15 is 0 Å². The highest BCUT2D eigenvalue weighted by atomic mass is 19.1. The Morgan fingerprint density at radius 3 is 2.50 bits per heavy atom. The van der Waals surface area contributed by atoms with Gasteiger partial charge in [0.05, 0.1) is 5.69 Å². The number of nitrogens with zero attached hydrogens (tertiary/aromatic N) is 1. The van der Waals surface area contributed by atoms with Gasteiger partial charge in [-0.2, -0.15) is 5.26 Å². The number of rotatable bonds is 4. The van der Waals surface area contributed by atoms with Gasteiger partial charge in [0.25, 0.3) is 0 Å². The van der Waals surface area contributed by atoms with Gasteiger partial charge in [-0.25, -0.2) is 9.18 Å². The fourth-order valence-corrected chi connectivity index (χ4v) is 1.85. The number of carboxylic acid groups (broad SMARTS) is 1. The lowest BCUT2D eigenvalue weighted by Crippen LogP contribution is -2.21. The number of carbonyl (C=O) groups is 1. The Balaban J connectivity index is 2.38. The molecule has 4 nitrogen and oxygen atoms in total. The van der Waals surface area contributed by atoms with E-state index in [0.717, 1.165) is 6.07 Å². The van der Waals surface area contributed by atoms with Crippen LogP contribution < -0.4 is 5.32 Å². The molecule has 2 N–H and O–H groups in total. The molecule has 0 saturated carbocycles. The minimum absolute atomic E-state index is 0.156. The lowest BCUT2D eigenvalue weighted by Gasteiger charge is -2.17. The summed E-state index contributed by atoms with van der Waals surface area (Å²) in [5.74, 6) is -1.79. The van der Waals surface area contributed by atoms with Crippen molar-refractivity contribution in [1.82, 2.24) is 0 Å². The van der Waals surface area contributed by atoms with Crippen molar-refractivity contribution < 1.29 is 14.3 Å². The Kier molecular flexibility index (Phi) is 3.96. The van der Waals surface area contributed by atoms with Gasteiger partial charge < -0.3 is 10.4 Å². The lowest BCUT2D eigenvalue weighted by molar-refractivity contribution is -0.138. The van der Waals surface area contributed by atoms with Gasteiger partial charge in [0.2, 0.25) is 0 Å². The second-order valence-corrected chi connectivity index (χ2v) is 4.10. The molecule has 2 rings (SSSR count). The molecule has 0 aliphatic heterocycles.